The number of rotatable bonds is 1. The molecule has 1 aromatic heterocycles. The van der Waals surface area contributed by atoms with Crippen molar-refractivity contribution in [2.75, 3.05) is 6.61 Å². The second-order valence-corrected chi connectivity index (χ2v) is 3.19. The van der Waals surface area contributed by atoms with E-state index in [1.54, 1.807) is 0 Å². The Morgan fingerprint density at radius 2 is 2.42 bits per heavy atom. The Kier molecular flexibility index (Phi) is 2.03. The summed E-state index contributed by atoms with van der Waals surface area (Å²) in [4.78, 5) is 0. The average Bonchev–Trinajstić information content (AvgIpc) is 2.46. The van der Waals surface area contributed by atoms with Crippen LogP contribution in [0.1, 0.15) is 18.7 Å². The van der Waals surface area contributed by atoms with Crippen molar-refractivity contribution in [1.29, 1.82) is 0 Å². The number of tetrazole rings is 1. The minimum Gasteiger partial charge on any atom is -0.396 e. The summed E-state index contributed by atoms with van der Waals surface area (Å²) in [5.41, 5.74) is 0. The average molecular weight is 168 g/mol. The van der Waals surface area contributed by atoms with Crippen molar-refractivity contribution in [1.82, 2.24) is 20.2 Å². The van der Waals surface area contributed by atoms with Gasteiger partial charge in [0.1, 0.15) is 0 Å². The van der Waals surface area contributed by atoms with Crippen LogP contribution in [0.4, 0.5) is 0 Å². The molecule has 0 radical (unpaired) electrons. The molecule has 0 fully saturated rings. The van der Waals surface area contributed by atoms with E-state index in [2.05, 4.69) is 15.5 Å². The van der Waals surface area contributed by atoms with Gasteiger partial charge in [0.2, 0.25) is 0 Å². The highest BCUT2D eigenvalue weighted by atomic mass is 16.3. The van der Waals surface area contributed by atoms with Crippen LogP contribution >= 0.6 is 0 Å². The van der Waals surface area contributed by atoms with E-state index in [1.807, 2.05) is 4.68 Å². The van der Waals surface area contributed by atoms with Gasteiger partial charge in [0.05, 0.1) is 0 Å². The van der Waals surface area contributed by atoms with Crippen molar-refractivity contribution in [3.63, 3.8) is 0 Å². The maximum absolute atomic E-state index is 8.97. The number of hydrogen-bond donors (Lipinski definition) is 1. The van der Waals surface area contributed by atoms with Crippen LogP contribution in [0.15, 0.2) is 0 Å². The van der Waals surface area contributed by atoms with Crippen LogP contribution in [-0.2, 0) is 13.0 Å². The molecule has 0 amide bonds. The molecule has 0 spiro atoms. The van der Waals surface area contributed by atoms with Crippen molar-refractivity contribution in [3.05, 3.63) is 5.82 Å². The number of aromatic nitrogens is 4. The SMILES string of the molecule is OC[C@@H]1CCc2nnnn2CC1. The van der Waals surface area contributed by atoms with Crippen LogP contribution in [-0.4, -0.2) is 31.9 Å². The molecule has 2 rings (SSSR count). The summed E-state index contributed by atoms with van der Waals surface area (Å²) in [6.45, 7) is 1.12. The van der Waals surface area contributed by atoms with Crippen LogP contribution in [0.5, 0.6) is 0 Å². The second kappa shape index (κ2) is 3.18. The Labute approximate surface area is 70.4 Å². The van der Waals surface area contributed by atoms with Crippen LogP contribution in [0.25, 0.3) is 0 Å². The maximum Gasteiger partial charge on any atom is 0.151 e. The molecule has 0 bridgehead atoms. The number of fused-ring (bicyclic) bond motifs is 1. The van der Waals surface area contributed by atoms with Crippen molar-refractivity contribution in [3.8, 4) is 0 Å². The lowest BCUT2D eigenvalue weighted by molar-refractivity contribution is 0.210. The molecular weight excluding hydrogens is 156 g/mol. The molecule has 1 N–H and O–H groups in total. The third-order valence-electron chi connectivity index (χ3n) is 2.39. The van der Waals surface area contributed by atoms with Crippen LogP contribution in [0.3, 0.4) is 0 Å². The first-order chi connectivity index (χ1) is 5.90. The smallest absolute Gasteiger partial charge is 0.151 e. The first-order valence-corrected chi connectivity index (χ1v) is 4.26. The van der Waals surface area contributed by atoms with Crippen LogP contribution < -0.4 is 0 Å². The predicted molar refractivity (Wildman–Crippen MR) is 41.3 cm³/mol. The highest BCUT2D eigenvalue weighted by Crippen LogP contribution is 2.16. The quantitative estimate of drug-likeness (QED) is 0.620. The Balaban J connectivity index is 2.10. The van der Waals surface area contributed by atoms with E-state index in [0.717, 1.165) is 31.6 Å². The molecule has 12 heavy (non-hydrogen) atoms. The molecule has 1 aliphatic rings. The molecule has 1 atom stereocenters. The fraction of sp³-hybridized carbons (Fsp3) is 0.857. The summed E-state index contributed by atoms with van der Waals surface area (Å²) in [5, 5.41) is 20.3. The van der Waals surface area contributed by atoms with Crippen molar-refractivity contribution in [2.24, 2.45) is 5.92 Å². The van der Waals surface area contributed by atoms with Crippen LogP contribution in [0, 0.1) is 5.92 Å². The summed E-state index contributed by atoms with van der Waals surface area (Å²) in [6, 6.07) is 0. The molecule has 2 heterocycles. The number of aliphatic hydroxyl groups excluding tert-OH is 1. The Bertz CT molecular complexity index is 237. The number of hydrogen-bond acceptors (Lipinski definition) is 4. The van der Waals surface area contributed by atoms with E-state index < -0.39 is 0 Å². The maximum atomic E-state index is 8.97. The van der Waals surface area contributed by atoms with Gasteiger partial charge >= 0.3 is 0 Å². The fourth-order valence-electron chi connectivity index (χ4n) is 1.54. The molecule has 0 saturated carbocycles. The molecule has 5 nitrogen and oxygen atoms in total. The minimum absolute atomic E-state index is 0.276. The fourth-order valence-corrected chi connectivity index (χ4v) is 1.54. The topological polar surface area (TPSA) is 63.8 Å². The van der Waals surface area contributed by atoms with E-state index >= 15 is 0 Å². The molecule has 0 aromatic carbocycles. The van der Waals surface area contributed by atoms with E-state index in [1.165, 1.54) is 0 Å². The van der Waals surface area contributed by atoms with Gasteiger partial charge in [-0.05, 0) is 29.2 Å². The van der Waals surface area contributed by atoms with Gasteiger partial charge in [0.15, 0.2) is 5.82 Å². The number of nitrogens with zero attached hydrogens (tertiary/aromatic N) is 4. The molecule has 1 aromatic rings. The van der Waals surface area contributed by atoms with Gasteiger partial charge in [-0.2, -0.15) is 0 Å². The Morgan fingerprint density at radius 1 is 1.50 bits per heavy atom. The van der Waals surface area contributed by atoms with Gasteiger partial charge in [-0.25, -0.2) is 4.68 Å². The molecule has 5 heteroatoms. The summed E-state index contributed by atoms with van der Waals surface area (Å²) >= 11 is 0. The monoisotopic (exact) mass is 168 g/mol. The summed E-state index contributed by atoms with van der Waals surface area (Å²) < 4.78 is 1.83. The highest BCUT2D eigenvalue weighted by Gasteiger charge is 2.16. The molecular formula is C7H12N4O. The Morgan fingerprint density at radius 3 is 3.25 bits per heavy atom. The number of aryl methyl sites for hydroxylation is 2. The standard InChI is InChI=1S/C7H12N4O/c12-5-6-1-2-7-8-9-10-11(7)4-3-6/h6,12H,1-5H2/t6-/m1/s1. The van der Waals surface area contributed by atoms with Crippen molar-refractivity contribution >= 4 is 0 Å². The minimum atomic E-state index is 0.276. The summed E-state index contributed by atoms with van der Waals surface area (Å²) in [6.07, 6.45) is 2.86. The van der Waals surface area contributed by atoms with E-state index in [4.69, 9.17) is 5.11 Å². The lowest BCUT2D eigenvalue weighted by Crippen LogP contribution is -2.07. The molecule has 1 aliphatic heterocycles. The Hall–Kier alpha value is -0.970. The second-order valence-electron chi connectivity index (χ2n) is 3.19. The van der Waals surface area contributed by atoms with E-state index in [9.17, 15) is 0 Å². The lowest BCUT2D eigenvalue weighted by Gasteiger charge is -2.07. The third-order valence-corrected chi connectivity index (χ3v) is 2.39. The largest absolute Gasteiger partial charge is 0.396 e. The van der Waals surface area contributed by atoms with Crippen LogP contribution in [0.2, 0.25) is 0 Å². The van der Waals surface area contributed by atoms with Gasteiger partial charge < -0.3 is 5.11 Å². The molecule has 66 valence electrons. The zero-order chi connectivity index (χ0) is 8.39. The normalized spacial score (nSPS) is 23.2. The molecule has 0 saturated heterocycles. The van der Waals surface area contributed by atoms with E-state index in [0.29, 0.717) is 5.92 Å². The van der Waals surface area contributed by atoms with Crippen molar-refractivity contribution in [2.45, 2.75) is 25.8 Å². The molecule has 0 unspecified atom stereocenters. The first kappa shape index (κ1) is 7.67. The zero-order valence-corrected chi connectivity index (χ0v) is 6.85. The third kappa shape index (κ3) is 1.32. The van der Waals surface area contributed by atoms with E-state index in [-0.39, 0.29) is 6.61 Å². The van der Waals surface area contributed by atoms with Gasteiger partial charge in [-0.1, -0.05) is 0 Å². The summed E-state index contributed by atoms with van der Waals surface area (Å²) in [5.74, 6) is 1.36. The van der Waals surface area contributed by atoms with Gasteiger partial charge in [0, 0.05) is 19.6 Å². The van der Waals surface area contributed by atoms with Gasteiger partial charge in [-0.3, -0.25) is 0 Å². The first-order valence-electron chi connectivity index (χ1n) is 4.26. The summed E-state index contributed by atoms with van der Waals surface area (Å²) in [7, 11) is 0. The van der Waals surface area contributed by atoms with Gasteiger partial charge in [-0.15, -0.1) is 5.10 Å². The number of aliphatic hydroxyl groups is 1. The predicted octanol–water partition coefficient (Wildman–Crippen LogP) is -0.382. The zero-order valence-electron chi connectivity index (χ0n) is 6.85. The molecule has 0 aliphatic carbocycles. The van der Waals surface area contributed by atoms with Crippen molar-refractivity contribution < 1.29 is 5.11 Å². The lowest BCUT2D eigenvalue weighted by atomic mass is 10.0. The highest BCUT2D eigenvalue weighted by molar-refractivity contribution is 4.84. The van der Waals surface area contributed by atoms with Gasteiger partial charge in [0.25, 0.3) is 0 Å².